The minimum absolute atomic E-state index is 0.186. The molecule has 2 aliphatic heterocycles. The van der Waals surface area contributed by atoms with Crippen LogP contribution in [0.1, 0.15) is 65.7 Å². The molecule has 148 valence electrons. The van der Waals surface area contributed by atoms with Gasteiger partial charge in [-0.25, -0.2) is 4.79 Å². The quantitative estimate of drug-likeness (QED) is 0.832. The van der Waals surface area contributed by atoms with Gasteiger partial charge in [-0.2, -0.15) is 0 Å². The summed E-state index contributed by atoms with van der Waals surface area (Å²) in [6.45, 7) is 9.29. The monoisotopic (exact) mass is 365 g/mol. The molecule has 2 heterocycles. The van der Waals surface area contributed by atoms with Crippen LogP contribution in [-0.4, -0.2) is 65.7 Å². The maximum atomic E-state index is 12.4. The van der Waals surface area contributed by atoms with Gasteiger partial charge in [0.1, 0.15) is 5.60 Å². The molecule has 3 fully saturated rings. The van der Waals surface area contributed by atoms with Gasteiger partial charge in [-0.1, -0.05) is 0 Å². The predicted molar refractivity (Wildman–Crippen MR) is 101 cm³/mol. The lowest BCUT2D eigenvalue weighted by molar-refractivity contribution is -0.123. The van der Waals surface area contributed by atoms with Gasteiger partial charge in [-0.15, -0.1) is 0 Å². The number of nitrogens with one attached hydrogen (secondary N) is 1. The van der Waals surface area contributed by atoms with Crippen LogP contribution in [0.5, 0.6) is 0 Å². The Kier molecular flexibility index (Phi) is 6.10. The number of hydrogen-bond donors (Lipinski definition) is 1. The second kappa shape index (κ2) is 8.15. The molecule has 0 spiro atoms. The molecule has 1 aliphatic carbocycles. The molecule has 1 N–H and O–H groups in total. The van der Waals surface area contributed by atoms with Crippen molar-refractivity contribution < 1.29 is 14.3 Å². The number of carbonyl (C=O) groups excluding carboxylic acids is 2. The number of rotatable bonds is 4. The Labute approximate surface area is 157 Å². The van der Waals surface area contributed by atoms with Crippen molar-refractivity contribution in [2.24, 2.45) is 5.92 Å². The third-order valence-electron chi connectivity index (χ3n) is 5.70. The Balaban J connectivity index is 1.32. The van der Waals surface area contributed by atoms with Crippen molar-refractivity contribution in [3.05, 3.63) is 0 Å². The molecule has 0 bridgehead atoms. The van der Waals surface area contributed by atoms with Gasteiger partial charge >= 0.3 is 6.09 Å². The number of likely N-dealkylation sites (tertiary alicyclic amines) is 2. The lowest BCUT2D eigenvalue weighted by atomic mass is 9.93. The lowest BCUT2D eigenvalue weighted by Gasteiger charge is -2.34. The van der Waals surface area contributed by atoms with E-state index in [2.05, 4.69) is 10.2 Å². The van der Waals surface area contributed by atoms with Crippen molar-refractivity contribution in [2.75, 3.05) is 26.2 Å². The highest BCUT2D eigenvalue weighted by Gasteiger charge is 2.32. The number of piperidine rings is 2. The van der Waals surface area contributed by atoms with Crippen LogP contribution >= 0.6 is 0 Å². The van der Waals surface area contributed by atoms with Crippen molar-refractivity contribution >= 4 is 12.0 Å². The minimum Gasteiger partial charge on any atom is -0.444 e. The Morgan fingerprint density at radius 3 is 2.12 bits per heavy atom. The molecule has 1 saturated carbocycles. The molecule has 2 saturated heterocycles. The fraction of sp³-hybridized carbons (Fsp3) is 0.900. The van der Waals surface area contributed by atoms with Gasteiger partial charge in [0.05, 0.1) is 0 Å². The van der Waals surface area contributed by atoms with Crippen LogP contribution in [-0.2, 0) is 9.53 Å². The van der Waals surface area contributed by atoms with Crippen LogP contribution in [0.4, 0.5) is 4.79 Å². The van der Waals surface area contributed by atoms with Crippen molar-refractivity contribution in [1.29, 1.82) is 0 Å². The summed E-state index contributed by atoms with van der Waals surface area (Å²) in [6, 6.07) is 1.18. The van der Waals surface area contributed by atoms with Gasteiger partial charge < -0.3 is 19.9 Å². The second-order valence-corrected chi connectivity index (χ2v) is 9.22. The molecular formula is C20H35N3O3. The molecule has 6 heteroatoms. The second-order valence-electron chi connectivity index (χ2n) is 9.22. The van der Waals surface area contributed by atoms with E-state index in [1.54, 1.807) is 4.90 Å². The highest BCUT2D eigenvalue weighted by molar-refractivity contribution is 5.76. The summed E-state index contributed by atoms with van der Waals surface area (Å²) in [5.74, 6) is 0.561. The smallest absolute Gasteiger partial charge is 0.410 e. The zero-order valence-corrected chi connectivity index (χ0v) is 16.6. The van der Waals surface area contributed by atoms with E-state index < -0.39 is 5.60 Å². The normalized spacial score (nSPS) is 23.7. The van der Waals surface area contributed by atoms with E-state index >= 15 is 0 Å². The third-order valence-corrected chi connectivity index (χ3v) is 5.70. The van der Waals surface area contributed by atoms with Gasteiger partial charge in [0.25, 0.3) is 0 Å². The highest BCUT2D eigenvalue weighted by Crippen LogP contribution is 2.29. The fourth-order valence-corrected chi connectivity index (χ4v) is 4.04. The molecule has 0 unspecified atom stereocenters. The molecule has 0 aromatic heterocycles. The molecule has 26 heavy (non-hydrogen) atoms. The first kappa shape index (κ1) is 19.5. The summed E-state index contributed by atoms with van der Waals surface area (Å²) in [4.78, 5) is 28.8. The molecule has 3 rings (SSSR count). The molecule has 0 radical (unpaired) electrons. The predicted octanol–water partition coefficient (Wildman–Crippen LogP) is 2.77. The van der Waals surface area contributed by atoms with E-state index in [0.717, 1.165) is 44.8 Å². The van der Waals surface area contributed by atoms with Crippen molar-refractivity contribution in [2.45, 2.75) is 83.4 Å². The van der Waals surface area contributed by atoms with Gasteiger partial charge in [0.15, 0.2) is 0 Å². The van der Waals surface area contributed by atoms with Gasteiger partial charge in [-0.05, 0) is 65.2 Å². The third kappa shape index (κ3) is 5.86. The summed E-state index contributed by atoms with van der Waals surface area (Å²) in [5.41, 5.74) is -0.455. The van der Waals surface area contributed by atoms with E-state index in [1.807, 2.05) is 20.8 Å². The number of nitrogens with zero attached hydrogens (tertiary/aromatic N) is 2. The Morgan fingerprint density at radius 2 is 1.58 bits per heavy atom. The number of carbonyl (C=O) groups is 2. The van der Waals surface area contributed by atoms with Gasteiger partial charge in [-0.3, -0.25) is 4.79 Å². The van der Waals surface area contributed by atoms with Crippen molar-refractivity contribution in [3.63, 3.8) is 0 Å². The average molecular weight is 366 g/mol. The summed E-state index contributed by atoms with van der Waals surface area (Å²) in [6.07, 6.45) is 7.00. The average Bonchev–Trinajstić information content (AvgIpc) is 3.39. The molecule has 0 aromatic rings. The summed E-state index contributed by atoms with van der Waals surface area (Å²) in [5, 5.41) is 3.24. The highest BCUT2D eigenvalue weighted by atomic mass is 16.6. The van der Waals surface area contributed by atoms with Crippen molar-refractivity contribution in [3.8, 4) is 0 Å². The minimum atomic E-state index is -0.455. The molecule has 0 atom stereocenters. The van der Waals surface area contributed by atoms with Crippen molar-refractivity contribution in [1.82, 2.24) is 15.1 Å². The molecule has 0 aromatic carbocycles. The molecule has 6 nitrogen and oxygen atoms in total. The van der Waals surface area contributed by atoms with Gasteiger partial charge in [0.2, 0.25) is 5.91 Å². The summed E-state index contributed by atoms with van der Waals surface area (Å²) in [7, 11) is 0. The molecule has 3 aliphatic rings. The Bertz CT molecular complexity index is 497. The van der Waals surface area contributed by atoms with Gasteiger partial charge in [0, 0.05) is 44.7 Å². The Morgan fingerprint density at radius 1 is 0.962 bits per heavy atom. The van der Waals surface area contributed by atoms with Crippen LogP contribution in [0.3, 0.4) is 0 Å². The van der Waals surface area contributed by atoms with Crippen LogP contribution in [0.2, 0.25) is 0 Å². The molecular weight excluding hydrogens is 330 g/mol. The van der Waals surface area contributed by atoms with Crippen LogP contribution in [0, 0.1) is 5.92 Å². The van der Waals surface area contributed by atoms with E-state index in [1.165, 1.54) is 12.8 Å². The lowest BCUT2D eigenvalue weighted by Crippen LogP contribution is -2.46. The van der Waals surface area contributed by atoms with Crippen LogP contribution < -0.4 is 5.32 Å². The topological polar surface area (TPSA) is 61.9 Å². The number of ether oxygens (including phenoxy) is 1. The SMILES string of the molecule is CC(C)(C)OC(=O)N1CCC(CC(=O)NC2CCN(C3CC3)CC2)CC1. The van der Waals surface area contributed by atoms with E-state index in [-0.39, 0.29) is 12.0 Å². The maximum absolute atomic E-state index is 12.4. The standard InChI is InChI=1S/C20H35N3O3/c1-20(2,3)26-19(25)23-10-6-15(7-11-23)14-18(24)21-16-8-12-22(13-9-16)17-4-5-17/h15-17H,4-14H2,1-3H3,(H,21,24). The first-order valence-corrected chi connectivity index (χ1v) is 10.3. The summed E-state index contributed by atoms with van der Waals surface area (Å²) < 4.78 is 5.43. The number of amides is 2. The summed E-state index contributed by atoms with van der Waals surface area (Å²) >= 11 is 0. The van der Waals surface area contributed by atoms with E-state index in [9.17, 15) is 9.59 Å². The number of hydrogen-bond acceptors (Lipinski definition) is 4. The van der Waals surface area contributed by atoms with Crippen LogP contribution in [0.25, 0.3) is 0 Å². The van der Waals surface area contributed by atoms with E-state index in [4.69, 9.17) is 4.74 Å². The fourth-order valence-electron chi connectivity index (χ4n) is 4.04. The molecule has 2 amide bonds. The van der Waals surface area contributed by atoms with E-state index in [0.29, 0.717) is 31.5 Å². The Hall–Kier alpha value is -1.30. The first-order chi connectivity index (χ1) is 12.3. The first-order valence-electron chi connectivity index (χ1n) is 10.3. The zero-order valence-electron chi connectivity index (χ0n) is 16.6. The zero-order chi connectivity index (χ0) is 18.7. The van der Waals surface area contributed by atoms with Crippen LogP contribution in [0.15, 0.2) is 0 Å². The largest absolute Gasteiger partial charge is 0.444 e. The maximum Gasteiger partial charge on any atom is 0.410 e.